The van der Waals surface area contributed by atoms with E-state index in [0.29, 0.717) is 5.52 Å². The van der Waals surface area contributed by atoms with E-state index in [1.807, 2.05) is 19.1 Å². The standard InChI is InChI=1S/C13H16N4O2/c1-2-14-8-9-15-11-6-7-16-13-10(11)4-3-5-12(13)17(18)19/h3-7,14H,2,8-9H2,1H3,(H,15,16). The number of aromatic nitrogens is 1. The van der Waals surface area contributed by atoms with Crippen LogP contribution in [0, 0.1) is 10.1 Å². The second kappa shape index (κ2) is 6.10. The average Bonchev–Trinajstić information content (AvgIpc) is 2.43. The van der Waals surface area contributed by atoms with Gasteiger partial charge in [0, 0.05) is 36.4 Å². The lowest BCUT2D eigenvalue weighted by Crippen LogP contribution is -2.21. The number of benzene rings is 1. The van der Waals surface area contributed by atoms with Crippen LogP contribution in [0.25, 0.3) is 10.9 Å². The highest BCUT2D eigenvalue weighted by Crippen LogP contribution is 2.28. The molecule has 0 spiro atoms. The molecule has 0 aliphatic heterocycles. The fourth-order valence-electron chi connectivity index (χ4n) is 1.92. The van der Waals surface area contributed by atoms with Gasteiger partial charge in [-0.2, -0.15) is 0 Å². The monoisotopic (exact) mass is 260 g/mol. The molecule has 2 aromatic rings. The number of fused-ring (bicyclic) bond motifs is 1. The Morgan fingerprint density at radius 2 is 2.16 bits per heavy atom. The number of hydrogen-bond donors (Lipinski definition) is 2. The van der Waals surface area contributed by atoms with Crippen molar-refractivity contribution in [3.05, 3.63) is 40.6 Å². The predicted octanol–water partition coefficient (Wildman–Crippen LogP) is 2.16. The Kier molecular flexibility index (Phi) is 4.25. The Hall–Kier alpha value is -2.21. The van der Waals surface area contributed by atoms with Crippen molar-refractivity contribution in [1.29, 1.82) is 0 Å². The van der Waals surface area contributed by atoms with Gasteiger partial charge >= 0.3 is 0 Å². The smallest absolute Gasteiger partial charge is 0.295 e. The first-order chi connectivity index (χ1) is 9.24. The molecule has 0 radical (unpaired) electrons. The van der Waals surface area contributed by atoms with E-state index >= 15 is 0 Å². The van der Waals surface area contributed by atoms with Crippen LogP contribution in [0.4, 0.5) is 11.4 Å². The van der Waals surface area contributed by atoms with Crippen molar-refractivity contribution >= 4 is 22.3 Å². The molecule has 1 aromatic carbocycles. The third-order valence-electron chi connectivity index (χ3n) is 2.81. The SMILES string of the molecule is CCNCCNc1ccnc2c([N+](=O)[O-])cccc12. The van der Waals surface area contributed by atoms with E-state index in [-0.39, 0.29) is 5.69 Å². The van der Waals surface area contributed by atoms with E-state index in [9.17, 15) is 10.1 Å². The summed E-state index contributed by atoms with van der Waals surface area (Å²) in [5.41, 5.74) is 1.32. The van der Waals surface area contributed by atoms with Crippen LogP contribution in [0.2, 0.25) is 0 Å². The molecular formula is C13H16N4O2. The number of para-hydroxylation sites is 1. The highest BCUT2D eigenvalue weighted by molar-refractivity contribution is 5.96. The Balaban J connectivity index is 2.30. The molecule has 6 heteroatoms. The van der Waals surface area contributed by atoms with Gasteiger partial charge in [-0.15, -0.1) is 0 Å². The second-order valence-electron chi connectivity index (χ2n) is 4.07. The van der Waals surface area contributed by atoms with Crippen LogP contribution in [0.5, 0.6) is 0 Å². The summed E-state index contributed by atoms with van der Waals surface area (Å²) in [5.74, 6) is 0. The third-order valence-corrected chi connectivity index (χ3v) is 2.81. The number of anilines is 1. The van der Waals surface area contributed by atoms with Crippen LogP contribution in [0.3, 0.4) is 0 Å². The number of non-ortho nitro benzene ring substituents is 1. The summed E-state index contributed by atoms with van der Waals surface area (Å²) >= 11 is 0. The molecule has 6 nitrogen and oxygen atoms in total. The molecule has 0 aliphatic carbocycles. The number of hydrogen-bond acceptors (Lipinski definition) is 5. The maximum absolute atomic E-state index is 11.0. The van der Waals surface area contributed by atoms with E-state index < -0.39 is 4.92 Å². The number of nitrogens with one attached hydrogen (secondary N) is 2. The first-order valence-electron chi connectivity index (χ1n) is 6.20. The van der Waals surface area contributed by atoms with Crippen molar-refractivity contribution in [2.45, 2.75) is 6.92 Å². The fourth-order valence-corrected chi connectivity index (χ4v) is 1.92. The van der Waals surface area contributed by atoms with Gasteiger partial charge in [-0.3, -0.25) is 10.1 Å². The summed E-state index contributed by atoms with van der Waals surface area (Å²) in [6, 6.07) is 6.82. The number of likely N-dealkylation sites (N-methyl/N-ethyl adjacent to an activating group) is 1. The third kappa shape index (κ3) is 2.97. The number of nitro benzene ring substituents is 1. The van der Waals surface area contributed by atoms with Crippen molar-refractivity contribution in [3.63, 3.8) is 0 Å². The first-order valence-corrected chi connectivity index (χ1v) is 6.20. The quantitative estimate of drug-likeness (QED) is 0.472. The Labute approximate surface area is 111 Å². The molecule has 0 saturated carbocycles. The van der Waals surface area contributed by atoms with Gasteiger partial charge in [0.15, 0.2) is 0 Å². The maximum Gasteiger partial charge on any atom is 0.295 e. The van der Waals surface area contributed by atoms with Crippen LogP contribution in [-0.4, -0.2) is 29.5 Å². The summed E-state index contributed by atoms with van der Waals surface area (Å²) in [7, 11) is 0. The van der Waals surface area contributed by atoms with Crippen LogP contribution < -0.4 is 10.6 Å². The predicted molar refractivity (Wildman–Crippen MR) is 75.4 cm³/mol. The van der Waals surface area contributed by atoms with E-state index in [1.165, 1.54) is 6.07 Å². The van der Waals surface area contributed by atoms with Gasteiger partial charge in [0.05, 0.1) is 4.92 Å². The molecule has 2 rings (SSSR count). The van der Waals surface area contributed by atoms with Crippen molar-refractivity contribution in [2.24, 2.45) is 0 Å². The number of pyridine rings is 1. The molecule has 0 amide bonds. The average molecular weight is 260 g/mol. The Morgan fingerprint density at radius 3 is 2.89 bits per heavy atom. The summed E-state index contributed by atoms with van der Waals surface area (Å²) < 4.78 is 0. The lowest BCUT2D eigenvalue weighted by molar-refractivity contribution is -0.383. The van der Waals surface area contributed by atoms with E-state index in [2.05, 4.69) is 15.6 Å². The summed E-state index contributed by atoms with van der Waals surface area (Å²) in [6.45, 7) is 4.57. The van der Waals surface area contributed by atoms with E-state index in [1.54, 1.807) is 12.3 Å². The highest BCUT2D eigenvalue weighted by Gasteiger charge is 2.13. The minimum Gasteiger partial charge on any atom is -0.383 e. The molecular weight excluding hydrogens is 244 g/mol. The maximum atomic E-state index is 11.0. The molecule has 2 N–H and O–H groups in total. The molecule has 0 bridgehead atoms. The first kappa shape index (κ1) is 13.2. The van der Waals surface area contributed by atoms with Gasteiger partial charge in [-0.25, -0.2) is 4.98 Å². The zero-order valence-corrected chi connectivity index (χ0v) is 10.7. The zero-order valence-electron chi connectivity index (χ0n) is 10.7. The minimum atomic E-state index is -0.405. The highest BCUT2D eigenvalue weighted by atomic mass is 16.6. The van der Waals surface area contributed by atoms with Crippen LogP contribution in [-0.2, 0) is 0 Å². The molecule has 0 saturated heterocycles. The second-order valence-corrected chi connectivity index (χ2v) is 4.07. The Bertz CT molecular complexity index is 586. The van der Waals surface area contributed by atoms with E-state index in [4.69, 9.17) is 0 Å². The van der Waals surface area contributed by atoms with Gasteiger partial charge < -0.3 is 10.6 Å². The van der Waals surface area contributed by atoms with Crippen molar-refractivity contribution in [2.75, 3.05) is 25.0 Å². The van der Waals surface area contributed by atoms with Gasteiger partial charge in [0.25, 0.3) is 5.69 Å². The summed E-state index contributed by atoms with van der Waals surface area (Å²) in [4.78, 5) is 14.7. The van der Waals surface area contributed by atoms with Crippen LogP contribution in [0.15, 0.2) is 30.5 Å². The van der Waals surface area contributed by atoms with Crippen LogP contribution in [0.1, 0.15) is 6.92 Å². The lowest BCUT2D eigenvalue weighted by atomic mass is 10.1. The van der Waals surface area contributed by atoms with Gasteiger partial charge in [0.2, 0.25) is 0 Å². The molecule has 0 fully saturated rings. The van der Waals surface area contributed by atoms with E-state index in [0.717, 1.165) is 30.7 Å². The fraction of sp³-hybridized carbons (Fsp3) is 0.308. The number of nitro groups is 1. The zero-order chi connectivity index (χ0) is 13.7. The summed E-state index contributed by atoms with van der Waals surface area (Å²) in [6.07, 6.45) is 1.59. The van der Waals surface area contributed by atoms with Crippen LogP contribution >= 0.6 is 0 Å². The minimum absolute atomic E-state index is 0.0350. The molecule has 100 valence electrons. The molecule has 1 heterocycles. The largest absolute Gasteiger partial charge is 0.383 e. The van der Waals surface area contributed by atoms with Gasteiger partial charge in [-0.1, -0.05) is 19.1 Å². The van der Waals surface area contributed by atoms with Gasteiger partial charge in [-0.05, 0) is 12.6 Å². The van der Waals surface area contributed by atoms with Crippen molar-refractivity contribution in [3.8, 4) is 0 Å². The Morgan fingerprint density at radius 1 is 1.32 bits per heavy atom. The molecule has 1 aromatic heterocycles. The van der Waals surface area contributed by atoms with Crippen molar-refractivity contribution < 1.29 is 4.92 Å². The molecule has 0 atom stereocenters. The summed E-state index contributed by atoms with van der Waals surface area (Å²) in [5, 5.41) is 18.2. The molecule has 0 aliphatic rings. The number of rotatable bonds is 6. The van der Waals surface area contributed by atoms with Crippen molar-refractivity contribution in [1.82, 2.24) is 10.3 Å². The van der Waals surface area contributed by atoms with Gasteiger partial charge in [0.1, 0.15) is 5.52 Å². The molecule has 19 heavy (non-hydrogen) atoms. The molecule has 0 unspecified atom stereocenters. The number of nitrogens with zero attached hydrogens (tertiary/aromatic N) is 2. The normalized spacial score (nSPS) is 10.6. The lowest BCUT2D eigenvalue weighted by Gasteiger charge is -2.09. The topological polar surface area (TPSA) is 80.1 Å².